The number of rotatable bonds is 14. The van der Waals surface area contributed by atoms with Crippen molar-refractivity contribution in [1.29, 1.82) is 0 Å². The maximum Gasteiger partial charge on any atom is 0.410 e. The summed E-state index contributed by atoms with van der Waals surface area (Å²) in [6.07, 6.45) is 0.352. The number of nitrogens with one attached hydrogen (secondary N) is 1. The predicted molar refractivity (Wildman–Crippen MR) is 149 cm³/mol. The maximum atomic E-state index is 13.6. The third-order valence-electron chi connectivity index (χ3n) is 5.64. The Bertz CT molecular complexity index is 959. The lowest BCUT2D eigenvalue weighted by atomic mass is 10.0. The fourth-order valence-electron chi connectivity index (χ4n) is 3.58. The second-order valence-corrected chi connectivity index (χ2v) is 10.9. The van der Waals surface area contributed by atoms with E-state index in [0.717, 1.165) is 5.56 Å². The number of benzene rings is 1. The summed E-state index contributed by atoms with van der Waals surface area (Å²) in [5, 5.41) is 2.78. The number of likely N-dealkylation sites (N-methyl/N-ethyl adjacent to an activating group) is 2. The van der Waals surface area contributed by atoms with Gasteiger partial charge in [0.05, 0.1) is 12.7 Å². The highest BCUT2D eigenvalue weighted by atomic mass is 16.6. The van der Waals surface area contributed by atoms with Crippen LogP contribution in [-0.2, 0) is 35.2 Å². The Hall–Kier alpha value is -3.40. The molecule has 0 radical (unpaired) electrons. The van der Waals surface area contributed by atoms with Gasteiger partial charge < -0.3 is 24.4 Å². The van der Waals surface area contributed by atoms with Gasteiger partial charge in [-0.2, -0.15) is 0 Å². The van der Waals surface area contributed by atoms with E-state index in [1.165, 1.54) is 30.0 Å². The van der Waals surface area contributed by atoms with Gasteiger partial charge in [-0.3, -0.25) is 19.3 Å². The monoisotopic (exact) mass is 547 g/mol. The van der Waals surface area contributed by atoms with Gasteiger partial charge in [-0.1, -0.05) is 56.8 Å². The predicted octanol–water partition coefficient (Wildman–Crippen LogP) is 3.55. The molecule has 0 spiro atoms. The summed E-state index contributed by atoms with van der Waals surface area (Å²) in [5.41, 5.74) is 0.149. The highest BCUT2D eigenvalue weighted by Crippen LogP contribution is 2.17. The van der Waals surface area contributed by atoms with Gasteiger partial charge in [-0.15, -0.1) is 0 Å². The summed E-state index contributed by atoms with van der Waals surface area (Å²) in [6, 6.07) is 7.37. The van der Waals surface area contributed by atoms with E-state index in [4.69, 9.17) is 14.2 Å². The number of carbonyl (C=O) groups is 4. The Morgan fingerprint density at radius 1 is 1.05 bits per heavy atom. The van der Waals surface area contributed by atoms with Crippen LogP contribution in [0.3, 0.4) is 0 Å². The third-order valence-corrected chi connectivity index (χ3v) is 5.64. The third kappa shape index (κ3) is 12.3. The molecule has 0 heterocycles. The lowest BCUT2D eigenvalue weighted by Gasteiger charge is -2.33. The van der Waals surface area contributed by atoms with Gasteiger partial charge in [0.15, 0.2) is 0 Å². The highest BCUT2D eigenvalue weighted by Gasteiger charge is 2.36. The fourth-order valence-corrected chi connectivity index (χ4v) is 3.58. The Morgan fingerprint density at radius 3 is 2.21 bits per heavy atom. The number of esters is 1. The number of hydrogen-bond acceptors (Lipinski definition) is 7. The number of hydrogen-bond donors (Lipinski definition) is 1. The molecule has 218 valence electrons. The Kier molecular flexibility index (Phi) is 13.7. The molecule has 0 fully saturated rings. The van der Waals surface area contributed by atoms with Crippen molar-refractivity contribution in [3.63, 3.8) is 0 Å². The first-order valence-corrected chi connectivity index (χ1v) is 13.1. The van der Waals surface area contributed by atoms with Crippen molar-refractivity contribution in [3.05, 3.63) is 48.6 Å². The molecule has 0 aromatic heterocycles. The first-order chi connectivity index (χ1) is 18.2. The molecule has 0 aliphatic heterocycles. The molecule has 39 heavy (non-hydrogen) atoms. The number of ether oxygens (including phenoxy) is 3. The SMILES string of the molecule is C=CCOC(=O)CN(C)C(=O)[C@@H](NC(=O)[C@H](CC(C)C)N(C)C(=O)OC(C)(C)C)[C@@H](C)OCc1ccccc1. The molecular formula is C29H45N3O7. The molecule has 0 bridgehead atoms. The van der Waals surface area contributed by atoms with Crippen molar-refractivity contribution in [2.45, 2.75) is 78.4 Å². The zero-order valence-corrected chi connectivity index (χ0v) is 24.6. The zero-order valence-electron chi connectivity index (χ0n) is 24.6. The average Bonchev–Trinajstić information content (AvgIpc) is 2.86. The summed E-state index contributed by atoms with van der Waals surface area (Å²) >= 11 is 0. The zero-order chi connectivity index (χ0) is 29.8. The normalized spacial score (nSPS) is 13.6. The van der Waals surface area contributed by atoms with Crippen LogP contribution in [0.25, 0.3) is 0 Å². The van der Waals surface area contributed by atoms with Crippen LogP contribution in [0.4, 0.5) is 4.79 Å². The van der Waals surface area contributed by atoms with Crippen LogP contribution < -0.4 is 5.32 Å². The molecule has 10 nitrogen and oxygen atoms in total. The quantitative estimate of drug-likeness (QED) is 0.280. The van der Waals surface area contributed by atoms with Crippen LogP contribution in [0, 0.1) is 5.92 Å². The summed E-state index contributed by atoms with van der Waals surface area (Å²) in [6.45, 7) is 14.2. The molecule has 1 rings (SSSR count). The van der Waals surface area contributed by atoms with Gasteiger partial charge in [-0.05, 0) is 45.6 Å². The van der Waals surface area contributed by atoms with E-state index in [9.17, 15) is 19.2 Å². The van der Waals surface area contributed by atoms with Crippen molar-refractivity contribution in [1.82, 2.24) is 15.1 Å². The van der Waals surface area contributed by atoms with Crippen LogP contribution in [-0.4, -0.2) is 84.7 Å². The van der Waals surface area contributed by atoms with E-state index in [2.05, 4.69) is 11.9 Å². The van der Waals surface area contributed by atoms with Crippen molar-refractivity contribution < 1.29 is 33.4 Å². The van der Waals surface area contributed by atoms with Gasteiger partial charge in [0, 0.05) is 14.1 Å². The molecule has 1 N–H and O–H groups in total. The maximum absolute atomic E-state index is 13.6. The molecule has 1 aromatic carbocycles. The number of amides is 3. The second kappa shape index (κ2) is 15.9. The van der Waals surface area contributed by atoms with Gasteiger partial charge in [0.25, 0.3) is 0 Å². The fraction of sp³-hybridized carbons (Fsp3) is 0.586. The molecule has 3 atom stereocenters. The minimum absolute atomic E-state index is 0.0193. The lowest BCUT2D eigenvalue weighted by molar-refractivity contribution is -0.150. The van der Waals surface area contributed by atoms with E-state index < -0.39 is 47.7 Å². The van der Waals surface area contributed by atoms with Crippen molar-refractivity contribution in [2.24, 2.45) is 5.92 Å². The summed E-state index contributed by atoms with van der Waals surface area (Å²) in [4.78, 5) is 54.4. The molecule has 3 amide bonds. The van der Waals surface area contributed by atoms with Gasteiger partial charge in [-0.25, -0.2) is 4.79 Å². The molecule has 0 unspecified atom stereocenters. The first kappa shape index (κ1) is 33.6. The minimum atomic E-state index is -1.14. The van der Waals surface area contributed by atoms with Crippen molar-refractivity contribution in [3.8, 4) is 0 Å². The van der Waals surface area contributed by atoms with Crippen LogP contribution >= 0.6 is 0 Å². The van der Waals surface area contributed by atoms with Gasteiger partial charge in [0.2, 0.25) is 11.8 Å². The van der Waals surface area contributed by atoms with E-state index >= 15 is 0 Å². The van der Waals surface area contributed by atoms with Gasteiger partial charge >= 0.3 is 12.1 Å². The topological polar surface area (TPSA) is 114 Å². The molecule has 0 aliphatic carbocycles. The number of carbonyl (C=O) groups excluding carboxylic acids is 4. The van der Waals surface area contributed by atoms with Crippen LogP contribution in [0.5, 0.6) is 0 Å². The minimum Gasteiger partial charge on any atom is -0.460 e. The second-order valence-electron chi connectivity index (χ2n) is 10.9. The molecule has 10 heteroatoms. The lowest BCUT2D eigenvalue weighted by Crippen LogP contribution is -2.58. The Morgan fingerprint density at radius 2 is 1.67 bits per heavy atom. The van der Waals surface area contributed by atoms with Crippen LogP contribution in [0.15, 0.2) is 43.0 Å². The van der Waals surface area contributed by atoms with Crippen molar-refractivity contribution in [2.75, 3.05) is 27.2 Å². The van der Waals surface area contributed by atoms with Gasteiger partial charge in [0.1, 0.15) is 30.8 Å². The average molecular weight is 548 g/mol. The molecule has 0 saturated carbocycles. The smallest absolute Gasteiger partial charge is 0.410 e. The van der Waals surface area contributed by atoms with Crippen LogP contribution in [0.1, 0.15) is 53.5 Å². The highest BCUT2D eigenvalue weighted by molar-refractivity contribution is 5.92. The standard InChI is InChI=1S/C29H45N3O7/c1-10-16-37-24(33)18-31(8)27(35)25(21(4)38-19-22-14-12-11-13-15-22)30-26(34)23(17-20(2)3)32(9)28(36)39-29(5,6)7/h10-15,20-21,23,25H,1,16-19H2,2-9H3,(H,30,34)/t21-,23+,25+/m1/s1. The molecule has 0 saturated heterocycles. The summed E-state index contributed by atoms with van der Waals surface area (Å²) in [7, 11) is 2.94. The van der Waals surface area contributed by atoms with E-state index in [-0.39, 0.29) is 25.7 Å². The van der Waals surface area contributed by atoms with E-state index in [0.29, 0.717) is 6.42 Å². The number of nitrogens with zero attached hydrogens (tertiary/aromatic N) is 2. The first-order valence-electron chi connectivity index (χ1n) is 13.1. The Labute approximate surface area is 232 Å². The Balaban J connectivity index is 3.18. The summed E-state index contributed by atoms with van der Waals surface area (Å²) < 4.78 is 16.4. The van der Waals surface area contributed by atoms with Crippen LogP contribution in [0.2, 0.25) is 0 Å². The van der Waals surface area contributed by atoms with E-state index in [1.807, 2.05) is 44.2 Å². The summed E-state index contributed by atoms with van der Waals surface area (Å²) in [5.74, 6) is -1.62. The van der Waals surface area contributed by atoms with Crippen molar-refractivity contribution >= 4 is 23.9 Å². The largest absolute Gasteiger partial charge is 0.460 e. The van der Waals surface area contributed by atoms with E-state index in [1.54, 1.807) is 27.7 Å². The molecule has 1 aromatic rings. The molecular weight excluding hydrogens is 502 g/mol. The molecule has 0 aliphatic rings.